The first-order valence-electron chi connectivity index (χ1n) is 7.14. The second-order valence-electron chi connectivity index (χ2n) is 5.40. The van der Waals surface area contributed by atoms with Crippen LogP contribution in [-0.4, -0.2) is 30.4 Å². The highest BCUT2D eigenvalue weighted by Crippen LogP contribution is 2.16. The molecule has 2 N–H and O–H groups in total. The average molecular weight is 265 g/mol. The summed E-state index contributed by atoms with van der Waals surface area (Å²) in [5, 5.41) is 13.3. The molecule has 108 valence electrons. The number of hydrogen-bond donors (Lipinski definition) is 2. The number of hydrogen-bond acceptors (Lipinski definition) is 3. The fourth-order valence-corrected chi connectivity index (χ4v) is 2.10. The van der Waals surface area contributed by atoms with Gasteiger partial charge in [0, 0.05) is 12.6 Å². The van der Waals surface area contributed by atoms with Crippen molar-refractivity contribution < 1.29 is 9.84 Å². The van der Waals surface area contributed by atoms with Gasteiger partial charge in [-0.15, -0.1) is 0 Å². The highest BCUT2D eigenvalue weighted by molar-refractivity contribution is 5.31. The molecule has 0 aliphatic carbocycles. The zero-order valence-corrected chi connectivity index (χ0v) is 12.5. The number of para-hydroxylation sites is 1. The van der Waals surface area contributed by atoms with Crippen LogP contribution in [0.4, 0.5) is 0 Å². The molecule has 0 aliphatic rings. The molecule has 0 radical (unpaired) electrons. The van der Waals surface area contributed by atoms with Crippen LogP contribution in [0.3, 0.4) is 0 Å². The van der Waals surface area contributed by atoms with Gasteiger partial charge in [0.05, 0.1) is 0 Å². The average Bonchev–Trinajstić information content (AvgIpc) is 2.38. The first-order chi connectivity index (χ1) is 9.04. The van der Waals surface area contributed by atoms with Crippen molar-refractivity contribution in [1.29, 1.82) is 0 Å². The van der Waals surface area contributed by atoms with E-state index in [-0.39, 0.29) is 0 Å². The normalized spacial score (nSPS) is 14.4. The van der Waals surface area contributed by atoms with E-state index >= 15 is 0 Å². The van der Waals surface area contributed by atoms with E-state index in [9.17, 15) is 5.11 Å². The van der Waals surface area contributed by atoms with Crippen molar-refractivity contribution in [2.24, 2.45) is 5.92 Å². The van der Waals surface area contributed by atoms with Crippen LogP contribution in [0.25, 0.3) is 0 Å². The Morgan fingerprint density at radius 3 is 2.53 bits per heavy atom. The maximum atomic E-state index is 9.94. The minimum Gasteiger partial charge on any atom is -0.491 e. The number of aliphatic hydroxyl groups is 1. The lowest BCUT2D eigenvalue weighted by molar-refractivity contribution is 0.101. The molecule has 2 unspecified atom stereocenters. The number of nitrogens with one attached hydrogen (secondary N) is 1. The summed E-state index contributed by atoms with van der Waals surface area (Å²) in [6, 6.07) is 8.31. The Morgan fingerprint density at radius 2 is 1.95 bits per heavy atom. The molecule has 1 aromatic rings. The SMILES string of the molecule is CCC(NCC(O)COc1ccccc1C)C(C)C. The second kappa shape index (κ2) is 8.18. The summed E-state index contributed by atoms with van der Waals surface area (Å²) in [7, 11) is 0. The van der Waals surface area contributed by atoms with Crippen LogP contribution in [0.1, 0.15) is 32.8 Å². The van der Waals surface area contributed by atoms with Gasteiger partial charge in [0.15, 0.2) is 0 Å². The number of rotatable bonds is 8. The third-order valence-corrected chi connectivity index (χ3v) is 3.39. The van der Waals surface area contributed by atoms with Crippen molar-refractivity contribution in [1.82, 2.24) is 5.32 Å². The summed E-state index contributed by atoms with van der Waals surface area (Å²) in [6.07, 6.45) is 0.593. The molecule has 19 heavy (non-hydrogen) atoms. The van der Waals surface area contributed by atoms with E-state index in [0.29, 0.717) is 25.1 Å². The minimum absolute atomic E-state index is 0.326. The van der Waals surface area contributed by atoms with E-state index in [1.165, 1.54) is 0 Å². The third kappa shape index (κ3) is 5.62. The molecule has 3 nitrogen and oxygen atoms in total. The Labute approximate surface area is 117 Å². The van der Waals surface area contributed by atoms with Gasteiger partial charge in [0.2, 0.25) is 0 Å². The molecule has 0 saturated heterocycles. The zero-order chi connectivity index (χ0) is 14.3. The molecule has 0 fully saturated rings. The molecule has 0 aromatic heterocycles. The van der Waals surface area contributed by atoms with Gasteiger partial charge in [-0.1, -0.05) is 39.0 Å². The summed E-state index contributed by atoms with van der Waals surface area (Å²) >= 11 is 0. The smallest absolute Gasteiger partial charge is 0.122 e. The van der Waals surface area contributed by atoms with Gasteiger partial charge in [0.25, 0.3) is 0 Å². The van der Waals surface area contributed by atoms with Crippen molar-refractivity contribution in [3.63, 3.8) is 0 Å². The standard InChI is InChI=1S/C16H27NO2/c1-5-15(12(2)3)17-10-14(18)11-19-16-9-7-6-8-13(16)4/h6-9,12,14-15,17-18H,5,10-11H2,1-4H3. The van der Waals surface area contributed by atoms with Crippen LogP contribution in [0.2, 0.25) is 0 Å². The highest BCUT2D eigenvalue weighted by Gasteiger charge is 2.13. The molecule has 0 aliphatic heterocycles. The molecule has 0 heterocycles. The summed E-state index contributed by atoms with van der Waals surface area (Å²) in [5.41, 5.74) is 1.09. The summed E-state index contributed by atoms with van der Waals surface area (Å²) in [4.78, 5) is 0. The van der Waals surface area contributed by atoms with E-state index in [0.717, 1.165) is 17.7 Å². The first-order valence-corrected chi connectivity index (χ1v) is 7.14. The maximum absolute atomic E-state index is 9.94. The van der Waals surface area contributed by atoms with Gasteiger partial charge in [-0.05, 0) is 30.9 Å². The molecule has 2 atom stereocenters. The Balaban J connectivity index is 2.32. The van der Waals surface area contributed by atoms with E-state index in [1.807, 2.05) is 31.2 Å². The van der Waals surface area contributed by atoms with Gasteiger partial charge in [-0.3, -0.25) is 0 Å². The number of ether oxygens (including phenoxy) is 1. The lowest BCUT2D eigenvalue weighted by atomic mass is 10.0. The Morgan fingerprint density at radius 1 is 1.26 bits per heavy atom. The number of aryl methyl sites for hydroxylation is 1. The predicted molar refractivity (Wildman–Crippen MR) is 79.6 cm³/mol. The molecule has 1 aromatic carbocycles. The maximum Gasteiger partial charge on any atom is 0.122 e. The largest absolute Gasteiger partial charge is 0.491 e. The lowest BCUT2D eigenvalue weighted by Crippen LogP contribution is -2.40. The topological polar surface area (TPSA) is 41.5 Å². The number of aliphatic hydroxyl groups excluding tert-OH is 1. The third-order valence-electron chi connectivity index (χ3n) is 3.39. The van der Waals surface area contributed by atoms with Gasteiger partial charge in [-0.25, -0.2) is 0 Å². The Hall–Kier alpha value is -1.06. The minimum atomic E-state index is -0.479. The van der Waals surface area contributed by atoms with Crippen LogP contribution in [0, 0.1) is 12.8 Å². The molecule has 3 heteroatoms. The van der Waals surface area contributed by atoms with Crippen molar-refractivity contribution in [3.8, 4) is 5.75 Å². The molecule has 0 saturated carbocycles. The predicted octanol–water partition coefficient (Wildman–Crippen LogP) is 2.76. The van der Waals surface area contributed by atoms with Gasteiger partial charge in [-0.2, -0.15) is 0 Å². The van der Waals surface area contributed by atoms with Crippen molar-refractivity contribution in [3.05, 3.63) is 29.8 Å². The highest BCUT2D eigenvalue weighted by atomic mass is 16.5. The lowest BCUT2D eigenvalue weighted by Gasteiger charge is -2.22. The van der Waals surface area contributed by atoms with Crippen LogP contribution in [0.15, 0.2) is 24.3 Å². The summed E-state index contributed by atoms with van der Waals surface area (Å²) in [5.74, 6) is 1.42. The molecule has 0 amide bonds. The van der Waals surface area contributed by atoms with Crippen molar-refractivity contribution in [2.45, 2.75) is 46.3 Å². The fourth-order valence-electron chi connectivity index (χ4n) is 2.10. The molecular formula is C16H27NO2. The van der Waals surface area contributed by atoms with Crippen LogP contribution in [-0.2, 0) is 0 Å². The van der Waals surface area contributed by atoms with Gasteiger partial charge >= 0.3 is 0 Å². The molecule has 0 bridgehead atoms. The zero-order valence-electron chi connectivity index (χ0n) is 12.5. The quantitative estimate of drug-likeness (QED) is 0.759. The summed E-state index contributed by atoms with van der Waals surface area (Å²) in [6.45, 7) is 9.45. The van der Waals surface area contributed by atoms with Gasteiger partial charge in [0.1, 0.15) is 18.5 Å². The van der Waals surface area contributed by atoms with Crippen molar-refractivity contribution >= 4 is 0 Å². The molecular weight excluding hydrogens is 238 g/mol. The van der Waals surface area contributed by atoms with Crippen LogP contribution < -0.4 is 10.1 Å². The fraction of sp³-hybridized carbons (Fsp3) is 0.625. The van der Waals surface area contributed by atoms with Crippen molar-refractivity contribution in [2.75, 3.05) is 13.2 Å². The molecule has 1 rings (SSSR count). The van der Waals surface area contributed by atoms with E-state index in [4.69, 9.17) is 4.74 Å². The molecule has 0 spiro atoms. The number of benzene rings is 1. The van der Waals surface area contributed by atoms with E-state index in [1.54, 1.807) is 0 Å². The second-order valence-corrected chi connectivity index (χ2v) is 5.40. The van der Waals surface area contributed by atoms with Crippen LogP contribution in [0.5, 0.6) is 5.75 Å². The van der Waals surface area contributed by atoms with E-state index in [2.05, 4.69) is 26.1 Å². The van der Waals surface area contributed by atoms with Gasteiger partial charge < -0.3 is 15.2 Å². The summed E-state index contributed by atoms with van der Waals surface area (Å²) < 4.78 is 5.63. The monoisotopic (exact) mass is 265 g/mol. The van der Waals surface area contributed by atoms with E-state index < -0.39 is 6.10 Å². The van der Waals surface area contributed by atoms with Crippen LogP contribution >= 0.6 is 0 Å². The Kier molecular flexibility index (Phi) is 6.89. The first kappa shape index (κ1) is 16.0. The Bertz CT molecular complexity index is 366.